The Kier molecular flexibility index (Phi) is 13.5. The summed E-state index contributed by atoms with van der Waals surface area (Å²) in [4.78, 5) is 50.3. The Morgan fingerprint density at radius 1 is 0.522 bits per heavy atom. The molecule has 0 saturated carbocycles. The molecule has 4 aromatic carbocycles. The van der Waals surface area contributed by atoms with Crippen LogP contribution in [0.4, 0.5) is 11.4 Å². The summed E-state index contributed by atoms with van der Waals surface area (Å²) in [6.07, 6.45) is 0.752. The van der Waals surface area contributed by atoms with E-state index in [1.807, 2.05) is 109 Å². The molecule has 0 spiro atoms. The van der Waals surface area contributed by atoms with E-state index < -0.39 is 23.9 Å². The van der Waals surface area contributed by atoms with Crippen molar-refractivity contribution in [3.63, 3.8) is 0 Å². The van der Waals surface area contributed by atoms with E-state index in [1.165, 1.54) is 0 Å². The first-order valence-electron chi connectivity index (χ1n) is 14.5. The van der Waals surface area contributed by atoms with Crippen LogP contribution in [-0.4, -0.2) is 75.1 Å². The van der Waals surface area contributed by atoms with Crippen LogP contribution in [0.2, 0.25) is 0 Å². The van der Waals surface area contributed by atoms with Gasteiger partial charge in [-0.3, -0.25) is 0 Å². The molecule has 8 N–H and O–H groups in total. The van der Waals surface area contributed by atoms with Gasteiger partial charge in [0.2, 0.25) is 0 Å². The van der Waals surface area contributed by atoms with Gasteiger partial charge in [0.05, 0.1) is 0 Å². The minimum absolute atomic E-state index is 0.0442. The van der Waals surface area contributed by atoms with Gasteiger partial charge in [0.25, 0.3) is 0 Å². The molecular formula is C34H36N6O4Se2. The second kappa shape index (κ2) is 18.0. The number of rotatable bonds is 15. The number of nitrogens with one attached hydrogen (secondary N) is 4. The van der Waals surface area contributed by atoms with Crippen molar-refractivity contribution in [2.45, 2.75) is 24.9 Å². The van der Waals surface area contributed by atoms with Gasteiger partial charge in [0.15, 0.2) is 0 Å². The fourth-order valence-electron chi connectivity index (χ4n) is 4.28. The number of carbonyl (C=O) groups excluding carboxylic acids is 4. The molecule has 10 nitrogen and oxygen atoms in total. The van der Waals surface area contributed by atoms with Crippen LogP contribution in [0.25, 0.3) is 0 Å². The van der Waals surface area contributed by atoms with Crippen molar-refractivity contribution in [2.75, 3.05) is 23.7 Å². The Labute approximate surface area is 279 Å². The van der Waals surface area contributed by atoms with Crippen LogP contribution in [0.3, 0.4) is 0 Å². The number of amides is 4. The predicted octanol–water partition coefficient (Wildman–Crippen LogP) is 0.210. The van der Waals surface area contributed by atoms with Gasteiger partial charge in [-0.15, -0.1) is 0 Å². The second-order valence-corrected chi connectivity index (χ2v) is 16.5. The van der Waals surface area contributed by atoms with E-state index in [2.05, 4.69) is 21.3 Å². The minimum atomic E-state index is -0.762. The van der Waals surface area contributed by atoms with Crippen LogP contribution >= 0.6 is 0 Å². The molecule has 238 valence electrons. The third kappa shape index (κ3) is 11.3. The van der Waals surface area contributed by atoms with Crippen LogP contribution in [0.1, 0.15) is 11.1 Å². The SMILES string of the molecule is N[C@@H](Cc1ccccc1)C(=O)NCC(=O)Nc1ccccc1[Se][Se]c1ccccc1NC(=O)CNC(=O)[C@@H](N)Cc1ccccc1. The number of carbonyl (C=O) groups is 4. The molecule has 0 fully saturated rings. The van der Waals surface area contributed by atoms with Crippen LogP contribution in [0.5, 0.6) is 0 Å². The van der Waals surface area contributed by atoms with E-state index in [0.717, 1.165) is 20.1 Å². The average molecular weight is 751 g/mol. The van der Waals surface area contributed by atoms with Gasteiger partial charge in [-0.25, -0.2) is 0 Å². The van der Waals surface area contributed by atoms with Crippen molar-refractivity contribution in [1.82, 2.24) is 10.6 Å². The average Bonchev–Trinajstić information content (AvgIpc) is 3.07. The molecule has 0 saturated heterocycles. The van der Waals surface area contributed by atoms with E-state index >= 15 is 0 Å². The zero-order valence-corrected chi connectivity index (χ0v) is 28.4. The van der Waals surface area contributed by atoms with Crippen molar-refractivity contribution in [1.29, 1.82) is 0 Å². The van der Waals surface area contributed by atoms with E-state index in [-0.39, 0.29) is 51.2 Å². The molecule has 4 rings (SSSR count). The maximum atomic E-state index is 12.7. The zero-order chi connectivity index (χ0) is 32.7. The first-order chi connectivity index (χ1) is 22.3. The molecule has 0 unspecified atom stereocenters. The standard InChI is InChI=1S/C34H36N6O4Se2/c35-25(19-23-11-3-1-4-12-23)33(43)37-21-31(41)39-27-15-7-9-17-29(27)45-46-30-18-10-8-16-28(30)40-32(42)22-38-34(44)26(36)20-24-13-5-2-6-14-24/h1-18,25-26H,19-22,35-36H2,(H,37,43)(H,38,44)(H,39,41)(H,40,42)/t25-,26-/m0/s1. The van der Waals surface area contributed by atoms with Crippen molar-refractivity contribution in [2.24, 2.45) is 11.5 Å². The van der Waals surface area contributed by atoms with E-state index in [1.54, 1.807) is 0 Å². The van der Waals surface area contributed by atoms with Gasteiger partial charge in [-0.2, -0.15) is 0 Å². The molecule has 2 atom stereocenters. The fourth-order valence-corrected chi connectivity index (χ4v) is 11.2. The summed E-state index contributed by atoms with van der Waals surface area (Å²) in [6, 6.07) is 32.5. The van der Waals surface area contributed by atoms with Crippen molar-refractivity contribution < 1.29 is 19.2 Å². The monoisotopic (exact) mass is 752 g/mol. The molecule has 0 heterocycles. The van der Waals surface area contributed by atoms with Gasteiger partial charge >= 0.3 is 268 Å². The Morgan fingerprint density at radius 3 is 1.26 bits per heavy atom. The van der Waals surface area contributed by atoms with Crippen LogP contribution in [0.15, 0.2) is 109 Å². The van der Waals surface area contributed by atoms with Crippen LogP contribution < -0.4 is 41.7 Å². The molecule has 0 aromatic heterocycles. The second-order valence-electron chi connectivity index (χ2n) is 10.3. The summed E-state index contributed by atoms with van der Waals surface area (Å²) >= 11 is -0.0885. The van der Waals surface area contributed by atoms with Crippen molar-refractivity contribution in [3.05, 3.63) is 120 Å². The van der Waals surface area contributed by atoms with Crippen molar-refractivity contribution >= 4 is 70.2 Å². The quantitative estimate of drug-likeness (QED) is 0.0951. The summed E-state index contributed by atoms with van der Waals surface area (Å²) in [7, 11) is 0. The number of hydrogen-bond acceptors (Lipinski definition) is 6. The van der Waals surface area contributed by atoms with E-state index in [9.17, 15) is 19.2 Å². The predicted molar refractivity (Wildman–Crippen MR) is 183 cm³/mol. The molecule has 0 aliphatic carbocycles. The number of anilines is 2. The maximum absolute atomic E-state index is 12.7. The molecule has 0 aliphatic heterocycles. The molecular weight excluding hydrogens is 714 g/mol. The number of nitrogens with two attached hydrogens (primary N) is 2. The van der Waals surface area contributed by atoms with Crippen LogP contribution in [0, 0.1) is 0 Å². The molecule has 46 heavy (non-hydrogen) atoms. The number of hydrogen-bond donors (Lipinski definition) is 6. The van der Waals surface area contributed by atoms with E-state index in [0.29, 0.717) is 24.2 Å². The first kappa shape index (κ1) is 34.6. The Bertz CT molecular complexity index is 1500. The normalized spacial score (nSPS) is 12.0. The Morgan fingerprint density at radius 2 is 0.870 bits per heavy atom. The number of para-hydroxylation sites is 2. The Balaban J connectivity index is 1.25. The summed E-state index contributed by atoms with van der Waals surface area (Å²) in [6.45, 7) is -0.396. The third-order valence-electron chi connectivity index (χ3n) is 6.66. The summed E-state index contributed by atoms with van der Waals surface area (Å²) < 4.78 is 1.97. The fraction of sp³-hybridized carbons (Fsp3) is 0.176. The summed E-state index contributed by atoms with van der Waals surface area (Å²) in [5.41, 5.74) is 15.3. The Hall–Kier alpha value is -4.28. The van der Waals surface area contributed by atoms with Gasteiger partial charge in [-0.05, 0) is 0 Å². The molecule has 4 amide bonds. The third-order valence-corrected chi connectivity index (χ3v) is 13.9. The van der Waals surface area contributed by atoms with Crippen molar-refractivity contribution in [3.8, 4) is 0 Å². The number of benzene rings is 4. The summed E-state index contributed by atoms with van der Waals surface area (Å²) in [5.74, 6) is -1.50. The molecule has 12 heteroatoms. The van der Waals surface area contributed by atoms with Gasteiger partial charge in [0, 0.05) is 0 Å². The van der Waals surface area contributed by atoms with Crippen LogP contribution in [-0.2, 0) is 32.0 Å². The first-order valence-corrected chi connectivity index (χ1v) is 20.6. The molecule has 0 radical (unpaired) electrons. The van der Waals surface area contributed by atoms with Gasteiger partial charge in [0.1, 0.15) is 0 Å². The van der Waals surface area contributed by atoms with E-state index in [4.69, 9.17) is 11.5 Å². The molecule has 0 aliphatic rings. The molecule has 0 bridgehead atoms. The molecule has 4 aromatic rings. The topological polar surface area (TPSA) is 168 Å². The summed E-state index contributed by atoms with van der Waals surface area (Å²) in [5, 5.41) is 11.0. The van der Waals surface area contributed by atoms with Gasteiger partial charge in [-0.1, -0.05) is 12.1 Å². The zero-order valence-electron chi connectivity index (χ0n) is 25.0. The van der Waals surface area contributed by atoms with Gasteiger partial charge < -0.3 is 0 Å².